The molecule has 1 aromatic carbocycles. The maximum absolute atomic E-state index is 11.9. The lowest BCUT2D eigenvalue weighted by atomic mass is 9.99. The van der Waals surface area contributed by atoms with Crippen molar-refractivity contribution >= 4 is 11.7 Å². The maximum atomic E-state index is 11.9. The van der Waals surface area contributed by atoms with E-state index in [9.17, 15) is 9.90 Å². The van der Waals surface area contributed by atoms with Crippen LogP contribution in [0.15, 0.2) is 30.5 Å². The number of anilines is 1. The number of amides is 1. The van der Waals surface area contributed by atoms with Gasteiger partial charge in [0.1, 0.15) is 11.4 Å². The topological polar surface area (TPSA) is 74.2 Å². The van der Waals surface area contributed by atoms with Gasteiger partial charge in [-0.1, -0.05) is 24.0 Å². The normalized spacial score (nSPS) is 12.9. The second-order valence-electron chi connectivity index (χ2n) is 6.23. The van der Waals surface area contributed by atoms with Crippen LogP contribution in [0.25, 0.3) is 11.1 Å². The van der Waals surface area contributed by atoms with Gasteiger partial charge in [-0.25, -0.2) is 4.98 Å². The Morgan fingerprint density at radius 1 is 1.29 bits per heavy atom. The zero-order chi connectivity index (χ0) is 17.3. The van der Waals surface area contributed by atoms with Crippen LogP contribution in [-0.2, 0) is 6.54 Å². The minimum atomic E-state index is -1.06. The molecule has 0 bridgehead atoms. The molecular weight excluding hydrogens is 302 g/mol. The number of fused-ring (bicyclic) bond motifs is 1. The van der Waals surface area contributed by atoms with Crippen LogP contribution in [-0.4, -0.2) is 28.6 Å². The number of nitrogens with one attached hydrogen (secondary N) is 2. The van der Waals surface area contributed by atoms with Crippen molar-refractivity contribution in [1.29, 1.82) is 0 Å². The quantitative estimate of drug-likeness (QED) is 0.741. The smallest absolute Gasteiger partial charge is 0.251 e. The van der Waals surface area contributed by atoms with Crippen molar-refractivity contribution in [2.75, 3.05) is 12.4 Å². The van der Waals surface area contributed by atoms with Crippen molar-refractivity contribution in [1.82, 2.24) is 10.3 Å². The Morgan fingerprint density at radius 2 is 2.08 bits per heavy atom. The summed E-state index contributed by atoms with van der Waals surface area (Å²) < 4.78 is 0. The predicted molar refractivity (Wildman–Crippen MR) is 93.6 cm³/mol. The Balaban J connectivity index is 2.07. The summed E-state index contributed by atoms with van der Waals surface area (Å²) in [6.07, 6.45) is 1.66. The van der Waals surface area contributed by atoms with E-state index in [-0.39, 0.29) is 5.91 Å². The lowest BCUT2D eigenvalue weighted by Crippen LogP contribution is -2.14. The van der Waals surface area contributed by atoms with E-state index >= 15 is 0 Å². The lowest BCUT2D eigenvalue weighted by molar-refractivity contribution is 0.0965. The van der Waals surface area contributed by atoms with Gasteiger partial charge in [0.05, 0.1) is 0 Å². The standard InChI is InChI=1S/C19H19N3O2/c1-19(2,24)7-6-12-8-15(17(20-3)21-10-12)13-4-5-14-11-22-18(23)16(14)9-13/h4-5,8-10,24H,11H2,1-3H3,(H,20,21)(H,22,23). The second kappa shape index (κ2) is 5.99. The molecule has 24 heavy (non-hydrogen) atoms. The zero-order valence-corrected chi connectivity index (χ0v) is 13.9. The van der Waals surface area contributed by atoms with Gasteiger partial charge in [0.25, 0.3) is 5.91 Å². The van der Waals surface area contributed by atoms with E-state index in [1.54, 1.807) is 27.1 Å². The number of aromatic nitrogens is 1. The highest BCUT2D eigenvalue weighted by molar-refractivity contribution is 5.99. The van der Waals surface area contributed by atoms with Gasteiger partial charge in [-0.3, -0.25) is 4.79 Å². The van der Waals surface area contributed by atoms with Gasteiger partial charge in [-0.05, 0) is 37.1 Å². The van der Waals surface area contributed by atoms with Crippen LogP contribution >= 0.6 is 0 Å². The van der Waals surface area contributed by atoms with Gasteiger partial charge in [0.15, 0.2) is 0 Å². The van der Waals surface area contributed by atoms with Crippen LogP contribution in [0.5, 0.6) is 0 Å². The predicted octanol–water partition coefficient (Wildman–Crippen LogP) is 2.16. The molecule has 0 saturated carbocycles. The number of carbonyl (C=O) groups excluding carboxylic acids is 1. The van der Waals surface area contributed by atoms with E-state index in [1.807, 2.05) is 24.3 Å². The number of nitrogens with zero attached hydrogens (tertiary/aromatic N) is 1. The highest BCUT2D eigenvalue weighted by Crippen LogP contribution is 2.30. The molecule has 1 aliphatic heterocycles. The molecule has 1 aromatic heterocycles. The molecule has 2 heterocycles. The third kappa shape index (κ3) is 3.24. The lowest BCUT2D eigenvalue weighted by Gasteiger charge is -2.10. The SMILES string of the molecule is CNc1ncc(C#CC(C)(C)O)cc1-c1ccc2c(c1)C(=O)NC2. The summed E-state index contributed by atoms with van der Waals surface area (Å²) in [7, 11) is 1.80. The summed E-state index contributed by atoms with van der Waals surface area (Å²) in [6.45, 7) is 3.84. The van der Waals surface area contributed by atoms with E-state index in [2.05, 4.69) is 27.5 Å². The Morgan fingerprint density at radius 3 is 2.79 bits per heavy atom. The average Bonchev–Trinajstić information content (AvgIpc) is 2.93. The number of carbonyl (C=O) groups is 1. The highest BCUT2D eigenvalue weighted by atomic mass is 16.3. The molecular formula is C19H19N3O2. The molecule has 5 nitrogen and oxygen atoms in total. The van der Waals surface area contributed by atoms with Crippen molar-refractivity contribution in [3.05, 3.63) is 47.2 Å². The van der Waals surface area contributed by atoms with E-state index in [0.717, 1.165) is 16.7 Å². The third-order valence-electron chi connectivity index (χ3n) is 3.74. The van der Waals surface area contributed by atoms with Crippen LogP contribution < -0.4 is 10.6 Å². The number of pyridine rings is 1. The number of aliphatic hydroxyl groups is 1. The Bertz CT molecular complexity index is 870. The molecule has 1 amide bonds. The van der Waals surface area contributed by atoms with Crippen molar-refractivity contribution in [3.63, 3.8) is 0 Å². The first-order valence-corrected chi connectivity index (χ1v) is 7.72. The largest absolute Gasteiger partial charge is 0.378 e. The molecule has 0 radical (unpaired) electrons. The molecule has 1 aliphatic rings. The van der Waals surface area contributed by atoms with Gasteiger partial charge in [-0.15, -0.1) is 0 Å². The van der Waals surface area contributed by atoms with Crippen LogP contribution in [0.2, 0.25) is 0 Å². The Hall–Kier alpha value is -2.84. The van der Waals surface area contributed by atoms with E-state index in [4.69, 9.17) is 0 Å². The summed E-state index contributed by atoms with van der Waals surface area (Å²) in [4.78, 5) is 16.3. The second-order valence-corrected chi connectivity index (χ2v) is 6.23. The third-order valence-corrected chi connectivity index (χ3v) is 3.74. The number of hydrogen-bond acceptors (Lipinski definition) is 4. The summed E-state index contributed by atoms with van der Waals surface area (Å²) in [5.41, 5.74) is 3.10. The number of hydrogen-bond donors (Lipinski definition) is 3. The van der Waals surface area contributed by atoms with Crippen LogP contribution in [0, 0.1) is 11.8 Å². The van der Waals surface area contributed by atoms with E-state index in [1.165, 1.54) is 0 Å². The van der Waals surface area contributed by atoms with Crippen LogP contribution in [0.1, 0.15) is 35.3 Å². The fourth-order valence-corrected chi connectivity index (χ4v) is 2.56. The monoisotopic (exact) mass is 321 g/mol. The molecule has 0 unspecified atom stereocenters. The van der Waals surface area contributed by atoms with Crippen molar-refractivity contribution < 1.29 is 9.90 Å². The molecule has 122 valence electrons. The van der Waals surface area contributed by atoms with Gasteiger partial charge < -0.3 is 15.7 Å². The average molecular weight is 321 g/mol. The molecule has 0 spiro atoms. The minimum Gasteiger partial charge on any atom is -0.378 e. The number of benzene rings is 1. The molecule has 5 heteroatoms. The van der Waals surface area contributed by atoms with Gasteiger partial charge >= 0.3 is 0 Å². The minimum absolute atomic E-state index is 0.0520. The summed E-state index contributed by atoms with van der Waals surface area (Å²) in [5.74, 6) is 6.38. The Kier molecular flexibility index (Phi) is 4.00. The first kappa shape index (κ1) is 16.0. The maximum Gasteiger partial charge on any atom is 0.251 e. The van der Waals surface area contributed by atoms with Crippen LogP contribution in [0.3, 0.4) is 0 Å². The van der Waals surface area contributed by atoms with E-state index < -0.39 is 5.60 Å². The van der Waals surface area contributed by atoms with Crippen LogP contribution in [0.4, 0.5) is 5.82 Å². The molecule has 0 saturated heterocycles. The molecule has 3 N–H and O–H groups in total. The fraction of sp³-hybridized carbons (Fsp3) is 0.263. The van der Waals surface area contributed by atoms with Gasteiger partial charge in [-0.2, -0.15) is 0 Å². The molecule has 0 atom stereocenters. The van der Waals surface area contributed by atoms with Crippen molar-refractivity contribution in [3.8, 4) is 23.0 Å². The fourth-order valence-electron chi connectivity index (χ4n) is 2.56. The van der Waals surface area contributed by atoms with E-state index in [0.29, 0.717) is 23.5 Å². The molecule has 2 aromatic rings. The Labute approximate surface area is 141 Å². The van der Waals surface area contributed by atoms with Gasteiger partial charge in [0.2, 0.25) is 0 Å². The highest BCUT2D eigenvalue weighted by Gasteiger charge is 2.20. The molecule has 0 fully saturated rings. The van der Waals surface area contributed by atoms with Gasteiger partial charge in [0, 0.05) is 36.5 Å². The zero-order valence-electron chi connectivity index (χ0n) is 13.9. The summed E-state index contributed by atoms with van der Waals surface area (Å²) in [5, 5.41) is 15.6. The number of rotatable bonds is 2. The van der Waals surface area contributed by atoms with Crippen molar-refractivity contribution in [2.24, 2.45) is 0 Å². The summed E-state index contributed by atoms with van der Waals surface area (Å²) in [6, 6.07) is 7.72. The molecule has 3 rings (SSSR count). The summed E-state index contributed by atoms with van der Waals surface area (Å²) >= 11 is 0. The first-order valence-electron chi connectivity index (χ1n) is 7.72. The molecule has 0 aliphatic carbocycles. The van der Waals surface area contributed by atoms with Crippen molar-refractivity contribution in [2.45, 2.75) is 26.0 Å². The first-order chi connectivity index (χ1) is 11.4.